The monoisotopic (exact) mass is 513 g/mol. The van der Waals surface area contributed by atoms with E-state index in [0.717, 1.165) is 57.6 Å². The van der Waals surface area contributed by atoms with E-state index in [1.165, 1.54) is 5.56 Å². The van der Waals surface area contributed by atoms with E-state index < -0.39 is 0 Å². The van der Waals surface area contributed by atoms with Gasteiger partial charge >= 0.3 is 0 Å². The minimum atomic E-state index is 0. The Hall–Kier alpha value is -1.78. The van der Waals surface area contributed by atoms with Crippen LogP contribution in [0.5, 0.6) is 5.75 Å². The average molecular weight is 513 g/mol. The van der Waals surface area contributed by atoms with E-state index in [-0.39, 0.29) is 30.0 Å². The number of aliphatic imine (C=N–C) groups is 1. The van der Waals surface area contributed by atoms with E-state index in [1.807, 2.05) is 31.3 Å². The van der Waals surface area contributed by atoms with Crippen molar-refractivity contribution in [2.75, 3.05) is 53.6 Å². The molecule has 0 radical (unpaired) electrons. The summed E-state index contributed by atoms with van der Waals surface area (Å²) in [5, 5.41) is 6.88. The number of aromatic nitrogens is 1. The Morgan fingerprint density at radius 2 is 1.83 bits per heavy atom. The Kier molecular flexibility index (Phi) is 10.3. The molecule has 0 amide bonds. The summed E-state index contributed by atoms with van der Waals surface area (Å²) in [5.41, 5.74) is 1.26. The molecule has 29 heavy (non-hydrogen) atoms. The van der Waals surface area contributed by atoms with Gasteiger partial charge in [0.05, 0.1) is 26.4 Å². The first-order valence-corrected chi connectivity index (χ1v) is 9.81. The molecule has 1 aliphatic heterocycles. The standard InChI is InChI=1S/C21H31N5O2.HI/c1-22-21(23-9-12-25-10-3-4-11-25)24-17-20(26-13-15-28-16-14-26)18-5-7-19(27-2)8-6-18;/h3-8,10-11,20H,9,12-17H2,1-2H3,(H2,22,23,24);1H. The first-order valence-electron chi connectivity index (χ1n) is 9.81. The Bertz CT molecular complexity index is 715. The smallest absolute Gasteiger partial charge is 0.191 e. The van der Waals surface area contributed by atoms with Gasteiger partial charge in [0.2, 0.25) is 0 Å². The van der Waals surface area contributed by atoms with Gasteiger partial charge in [-0.15, -0.1) is 24.0 Å². The maximum atomic E-state index is 5.54. The number of ether oxygens (including phenoxy) is 2. The van der Waals surface area contributed by atoms with E-state index in [0.29, 0.717) is 0 Å². The van der Waals surface area contributed by atoms with Crippen molar-refractivity contribution in [3.8, 4) is 5.75 Å². The van der Waals surface area contributed by atoms with Crippen molar-refractivity contribution < 1.29 is 9.47 Å². The van der Waals surface area contributed by atoms with Crippen LogP contribution in [-0.4, -0.2) is 69.0 Å². The summed E-state index contributed by atoms with van der Waals surface area (Å²) in [7, 11) is 3.50. The predicted molar refractivity (Wildman–Crippen MR) is 127 cm³/mol. The number of hydrogen-bond donors (Lipinski definition) is 2. The number of halogens is 1. The van der Waals surface area contributed by atoms with Crippen LogP contribution in [0.15, 0.2) is 53.8 Å². The van der Waals surface area contributed by atoms with Gasteiger partial charge in [0.25, 0.3) is 0 Å². The first kappa shape index (κ1) is 23.5. The van der Waals surface area contributed by atoms with Crippen LogP contribution in [0.3, 0.4) is 0 Å². The van der Waals surface area contributed by atoms with Crippen molar-refractivity contribution in [1.82, 2.24) is 20.1 Å². The van der Waals surface area contributed by atoms with E-state index in [1.54, 1.807) is 7.11 Å². The lowest BCUT2D eigenvalue weighted by molar-refractivity contribution is 0.0170. The second-order valence-electron chi connectivity index (χ2n) is 6.74. The summed E-state index contributed by atoms with van der Waals surface area (Å²) >= 11 is 0. The molecule has 3 rings (SSSR count). The fourth-order valence-corrected chi connectivity index (χ4v) is 3.41. The molecule has 1 saturated heterocycles. The maximum Gasteiger partial charge on any atom is 0.191 e. The van der Waals surface area contributed by atoms with E-state index in [9.17, 15) is 0 Å². The van der Waals surface area contributed by atoms with Gasteiger partial charge < -0.3 is 24.7 Å². The third-order valence-corrected chi connectivity index (χ3v) is 5.00. The second-order valence-corrected chi connectivity index (χ2v) is 6.74. The molecule has 2 N–H and O–H groups in total. The normalized spacial score (nSPS) is 16.0. The number of nitrogens with one attached hydrogen (secondary N) is 2. The molecule has 0 saturated carbocycles. The Morgan fingerprint density at radius 3 is 2.45 bits per heavy atom. The summed E-state index contributed by atoms with van der Waals surface area (Å²) in [6, 6.07) is 12.6. The van der Waals surface area contributed by atoms with Gasteiger partial charge in [-0.25, -0.2) is 0 Å². The molecular formula is C21H32IN5O2. The first-order chi connectivity index (χ1) is 13.8. The molecule has 2 heterocycles. The van der Waals surface area contributed by atoms with E-state index in [4.69, 9.17) is 9.47 Å². The molecular weight excluding hydrogens is 481 g/mol. The number of nitrogens with zero attached hydrogens (tertiary/aromatic N) is 3. The molecule has 1 atom stereocenters. The van der Waals surface area contributed by atoms with Crippen LogP contribution in [-0.2, 0) is 11.3 Å². The minimum Gasteiger partial charge on any atom is -0.497 e. The minimum absolute atomic E-state index is 0. The van der Waals surface area contributed by atoms with Gasteiger partial charge in [0, 0.05) is 52.2 Å². The molecule has 1 aromatic carbocycles. The summed E-state index contributed by atoms with van der Waals surface area (Å²) in [5.74, 6) is 1.69. The molecule has 7 nitrogen and oxygen atoms in total. The fourth-order valence-electron chi connectivity index (χ4n) is 3.41. The highest BCUT2D eigenvalue weighted by atomic mass is 127. The number of methoxy groups -OCH3 is 1. The SMILES string of the molecule is CN=C(NCCn1cccc1)NCC(c1ccc(OC)cc1)N1CCOCC1.I. The predicted octanol–water partition coefficient (Wildman–Crippen LogP) is 2.35. The van der Waals surface area contributed by atoms with E-state index >= 15 is 0 Å². The second kappa shape index (κ2) is 12.7. The molecule has 2 aromatic rings. The molecule has 0 aliphatic carbocycles. The number of rotatable bonds is 8. The fraction of sp³-hybridized carbons (Fsp3) is 0.476. The molecule has 1 aromatic heterocycles. The number of guanidine groups is 1. The topological polar surface area (TPSA) is 63.0 Å². The lowest BCUT2D eigenvalue weighted by atomic mass is 10.0. The highest BCUT2D eigenvalue weighted by molar-refractivity contribution is 14.0. The van der Waals surface area contributed by atoms with E-state index in [2.05, 4.69) is 49.6 Å². The lowest BCUT2D eigenvalue weighted by Crippen LogP contribution is -2.46. The van der Waals surface area contributed by atoms with Crippen molar-refractivity contribution in [3.63, 3.8) is 0 Å². The van der Waals surface area contributed by atoms with Gasteiger partial charge in [-0.1, -0.05) is 12.1 Å². The molecule has 1 fully saturated rings. The van der Waals surface area contributed by atoms with Gasteiger partial charge in [-0.2, -0.15) is 0 Å². The molecule has 0 spiro atoms. The zero-order valence-corrected chi connectivity index (χ0v) is 19.5. The van der Waals surface area contributed by atoms with Crippen molar-refractivity contribution in [2.24, 2.45) is 4.99 Å². The van der Waals surface area contributed by atoms with Crippen LogP contribution in [0.1, 0.15) is 11.6 Å². The Balaban J connectivity index is 0.00000300. The summed E-state index contributed by atoms with van der Waals surface area (Å²) in [4.78, 5) is 6.83. The molecule has 0 bridgehead atoms. The summed E-state index contributed by atoms with van der Waals surface area (Å²) < 4.78 is 13.0. The average Bonchev–Trinajstić information content (AvgIpc) is 3.27. The highest BCUT2D eigenvalue weighted by Crippen LogP contribution is 2.23. The molecule has 1 unspecified atom stereocenters. The lowest BCUT2D eigenvalue weighted by Gasteiger charge is -2.35. The molecule has 8 heteroatoms. The van der Waals surface area contributed by atoms with Crippen LogP contribution in [0.2, 0.25) is 0 Å². The van der Waals surface area contributed by atoms with Crippen molar-refractivity contribution in [2.45, 2.75) is 12.6 Å². The van der Waals surface area contributed by atoms with Gasteiger partial charge in [0.1, 0.15) is 5.75 Å². The maximum absolute atomic E-state index is 5.54. The van der Waals surface area contributed by atoms with Crippen molar-refractivity contribution in [1.29, 1.82) is 0 Å². The van der Waals surface area contributed by atoms with Gasteiger partial charge in [0.15, 0.2) is 5.96 Å². The summed E-state index contributed by atoms with van der Waals surface area (Å²) in [6.45, 7) is 5.90. The number of morpholine rings is 1. The number of hydrogen-bond acceptors (Lipinski definition) is 4. The Labute approximate surface area is 190 Å². The van der Waals surface area contributed by atoms with Crippen LogP contribution >= 0.6 is 24.0 Å². The van der Waals surface area contributed by atoms with Crippen LogP contribution in [0.4, 0.5) is 0 Å². The quantitative estimate of drug-likeness (QED) is 0.323. The third-order valence-electron chi connectivity index (χ3n) is 5.00. The van der Waals surface area contributed by atoms with Gasteiger partial charge in [-0.05, 0) is 29.8 Å². The van der Waals surface area contributed by atoms with Crippen LogP contribution in [0, 0.1) is 0 Å². The highest BCUT2D eigenvalue weighted by Gasteiger charge is 2.23. The van der Waals surface area contributed by atoms with Crippen LogP contribution in [0.25, 0.3) is 0 Å². The van der Waals surface area contributed by atoms with Gasteiger partial charge in [-0.3, -0.25) is 9.89 Å². The Morgan fingerprint density at radius 1 is 1.14 bits per heavy atom. The van der Waals surface area contributed by atoms with Crippen LogP contribution < -0.4 is 15.4 Å². The van der Waals surface area contributed by atoms with Crippen molar-refractivity contribution in [3.05, 3.63) is 54.4 Å². The molecule has 1 aliphatic rings. The largest absolute Gasteiger partial charge is 0.497 e. The zero-order chi connectivity index (χ0) is 19.6. The zero-order valence-electron chi connectivity index (χ0n) is 17.2. The van der Waals surface area contributed by atoms with Crippen molar-refractivity contribution >= 4 is 29.9 Å². The third kappa shape index (κ3) is 7.20. The molecule has 160 valence electrons. The summed E-state index contributed by atoms with van der Waals surface area (Å²) in [6.07, 6.45) is 4.13. The number of benzene rings is 1.